The van der Waals surface area contributed by atoms with Gasteiger partial charge in [-0.3, -0.25) is 0 Å². The molecule has 1 aromatic rings. The zero-order valence-electron chi connectivity index (χ0n) is 10.8. The summed E-state index contributed by atoms with van der Waals surface area (Å²) in [6.07, 6.45) is 4.99. The van der Waals surface area contributed by atoms with Crippen LogP contribution in [0.4, 0.5) is 5.69 Å². The third-order valence-electron chi connectivity index (χ3n) is 4.27. The zero-order chi connectivity index (χ0) is 12.0. The van der Waals surface area contributed by atoms with Crippen LogP contribution in [-0.4, -0.2) is 18.1 Å². The highest BCUT2D eigenvalue weighted by atomic mass is 15.2. The molecule has 1 aromatic carbocycles. The minimum Gasteiger partial charge on any atom is -0.365 e. The lowest BCUT2D eigenvalue weighted by atomic mass is 9.97. The summed E-state index contributed by atoms with van der Waals surface area (Å²) < 4.78 is 0. The molecule has 2 nitrogen and oxygen atoms in total. The van der Waals surface area contributed by atoms with Crippen molar-refractivity contribution >= 4 is 5.69 Å². The number of hydrogen-bond donors (Lipinski definition) is 1. The highest BCUT2D eigenvalue weighted by Crippen LogP contribution is 2.39. The lowest BCUT2D eigenvalue weighted by Crippen LogP contribution is -2.47. The Morgan fingerprint density at radius 1 is 1.00 bits per heavy atom. The van der Waals surface area contributed by atoms with E-state index in [0.717, 1.165) is 0 Å². The smallest absolute Gasteiger partial charge is 0.0376 e. The van der Waals surface area contributed by atoms with Crippen LogP contribution in [0.3, 0.4) is 0 Å². The number of nitrogens with zero attached hydrogens (tertiary/aromatic N) is 1. The Kier molecular flexibility index (Phi) is 2.62. The molecule has 2 heterocycles. The van der Waals surface area contributed by atoms with E-state index >= 15 is 0 Å². The molecule has 2 aliphatic heterocycles. The molecule has 2 heteroatoms. The summed E-state index contributed by atoms with van der Waals surface area (Å²) in [5, 5.41) is 0. The molecule has 0 spiro atoms. The van der Waals surface area contributed by atoms with E-state index in [1.807, 2.05) is 0 Å². The van der Waals surface area contributed by atoms with E-state index in [1.54, 1.807) is 0 Å². The van der Waals surface area contributed by atoms with E-state index in [0.29, 0.717) is 18.1 Å². The van der Waals surface area contributed by atoms with Crippen molar-refractivity contribution in [3.05, 3.63) is 29.3 Å². The SMILES string of the molecule is Cc1cc(C)cc(N2C3CCC2CC(N)C3)c1. The number of benzene rings is 1. The fourth-order valence-electron chi connectivity index (χ4n) is 3.74. The fourth-order valence-corrected chi connectivity index (χ4v) is 3.74. The number of hydrogen-bond acceptors (Lipinski definition) is 2. The van der Waals surface area contributed by atoms with Crippen LogP contribution in [0.1, 0.15) is 36.8 Å². The van der Waals surface area contributed by atoms with Gasteiger partial charge in [-0.05, 0) is 62.8 Å². The molecule has 2 atom stereocenters. The van der Waals surface area contributed by atoms with Crippen molar-refractivity contribution in [1.82, 2.24) is 0 Å². The first-order valence-corrected chi connectivity index (χ1v) is 6.75. The first-order valence-electron chi connectivity index (χ1n) is 6.75. The first kappa shape index (κ1) is 11.1. The van der Waals surface area contributed by atoms with Crippen molar-refractivity contribution in [3.8, 4) is 0 Å². The van der Waals surface area contributed by atoms with Crippen molar-refractivity contribution in [3.63, 3.8) is 0 Å². The van der Waals surface area contributed by atoms with Crippen LogP contribution in [0.2, 0.25) is 0 Å². The quantitative estimate of drug-likeness (QED) is 0.804. The Balaban J connectivity index is 1.94. The van der Waals surface area contributed by atoms with Crippen LogP contribution in [-0.2, 0) is 0 Å². The van der Waals surface area contributed by atoms with Gasteiger partial charge in [-0.25, -0.2) is 0 Å². The number of anilines is 1. The molecule has 0 radical (unpaired) electrons. The molecule has 3 rings (SSSR count). The maximum Gasteiger partial charge on any atom is 0.0376 e. The molecular formula is C15H22N2. The van der Waals surface area contributed by atoms with E-state index in [9.17, 15) is 0 Å². The zero-order valence-corrected chi connectivity index (χ0v) is 10.8. The summed E-state index contributed by atoms with van der Waals surface area (Å²) in [6, 6.07) is 8.70. The standard InChI is InChI=1S/C15H22N2/c1-10-5-11(2)7-15(6-10)17-13-3-4-14(17)9-12(16)8-13/h5-7,12-14H,3-4,8-9,16H2,1-2H3. The largest absolute Gasteiger partial charge is 0.365 e. The van der Waals surface area contributed by atoms with Gasteiger partial charge in [0.2, 0.25) is 0 Å². The van der Waals surface area contributed by atoms with Gasteiger partial charge < -0.3 is 10.6 Å². The van der Waals surface area contributed by atoms with Gasteiger partial charge in [-0.2, -0.15) is 0 Å². The number of piperidine rings is 1. The highest BCUT2D eigenvalue weighted by molar-refractivity contribution is 5.54. The van der Waals surface area contributed by atoms with Gasteiger partial charge in [0.25, 0.3) is 0 Å². The topological polar surface area (TPSA) is 29.3 Å². The highest BCUT2D eigenvalue weighted by Gasteiger charge is 2.39. The molecule has 0 saturated carbocycles. The fraction of sp³-hybridized carbons (Fsp3) is 0.600. The molecule has 2 saturated heterocycles. The van der Waals surface area contributed by atoms with Gasteiger partial charge in [0.15, 0.2) is 0 Å². The lowest BCUT2D eigenvalue weighted by Gasteiger charge is -2.39. The molecule has 0 amide bonds. The van der Waals surface area contributed by atoms with E-state index in [2.05, 4.69) is 36.9 Å². The molecule has 2 unspecified atom stereocenters. The average Bonchev–Trinajstić information content (AvgIpc) is 2.50. The van der Waals surface area contributed by atoms with Gasteiger partial charge in [0, 0.05) is 23.8 Å². The molecule has 92 valence electrons. The summed E-state index contributed by atoms with van der Waals surface area (Å²) in [4.78, 5) is 2.64. The second-order valence-corrected chi connectivity index (χ2v) is 5.87. The van der Waals surface area contributed by atoms with Gasteiger partial charge in [0.05, 0.1) is 0 Å². The van der Waals surface area contributed by atoms with E-state index < -0.39 is 0 Å². The monoisotopic (exact) mass is 230 g/mol. The Morgan fingerprint density at radius 2 is 1.53 bits per heavy atom. The Morgan fingerprint density at radius 3 is 2.06 bits per heavy atom. The van der Waals surface area contributed by atoms with Crippen LogP contribution >= 0.6 is 0 Å². The maximum atomic E-state index is 6.13. The van der Waals surface area contributed by atoms with Gasteiger partial charge in [-0.15, -0.1) is 0 Å². The number of fused-ring (bicyclic) bond motifs is 2. The van der Waals surface area contributed by atoms with E-state index in [-0.39, 0.29) is 0 Å². The van der Waals surface area contributed by atoms with Crippen molar-refractivity contribution in [2.45, 2.75) is 57.7 Å². The van der Waals surface area contributed by atoms with Crippen LogP contribution < -0.4 is 10.6 Å². The predicted molar refractivity (Wildman–Crippen MR) is 72.4 cm³/mol. The molecule has 2 aliphatic rings. The second-order valence-electron chi connectivity index (χ2n) is 5.87. The van der Waals surface area contributed by atoms with Crippen LogP contribution in [0.25, 0.3) is 0 Å². The minimum atomic E-state index is 0.426. The maximum absolute atomic E-state index is 6.13. The Labute approximate surface area is 104 Å². The molecule has 2 fully saturated rings. The molecule has 0 aliphatic carbocycles. The predicted octanol–water partition coefficient (Wildman–Crippen LogP) is 2.76. The van der Waals surface area contributed by atoms with Gasteiger partial charge in [-0.1, -0.05) is 6.07 Å². The van der Waals surface area contributed by atoms with Crippen LogP contribution in [0.5, 0.6) is 0 Å². The summed E-state index contributed by atoms with van der Waals surface area (Å²) in [6.45, 7) is 4.38. The number of rotatable bonds is 1. The van der Waals surface area contributed by atoms with Crippen molar-refractivity contribution in [2.75, 3.05) is 4.90 Å². The first-order chi connectivity index (χ1) is 8.13. The summed E-state index contributed by atoms with van der Waals surface area (Å²) in [5.74, 6) is 0. The van der Waals surface area contributed by atoms with Crippen LogP contribution in [0, 0.1) is 13.8 Å². The molecule has 0 aromatic heterocycles. The summed E-state index contributed by atoms with van der Waals surface area (Å²) >= 11 is 0. The molecule has 2 bridgehead atoms. The summed E-state index contributed by atoms with van der Waals surface area (Å²) in [5.41, 5.74) is 10.3. The average molecular weight is 230 g/mol. The van der Waals surface area contributed by atoms with Crippen LogP contribution in [0.15, 0.2) is 18.2 Å². The van der Waals surface area contributed by atoms with Crippen molar-refractivity contribution in [1.29, 1.82) is 0 Å². The normalized spacial score (nSPS) is 31.9. The second kappa shape index (κ2) is 4.02. The molecule has 2 N–H and O–H groups in total. The minimum absolute atomic E-state index is 0.426. The summed E-state index contributed by atoms with van der Waals surface area (Å²) in [7, 11) is 0. The van der Waals surface area contributed by atoms with Crippen molar-refractivity contribution < 1.29 is 0 Å². The number of nitrogens with two attached hydrogens (primary N) is 1. The molecule has 17 heavy (non-hydrogen) atoms. The van der Waals surface area contributed by atoms with Gasteiger partial charge in [0.1, 0.15) is 0 Å². The van der Waals surface area contributed by atoms with Gasteiger partial charge >= 0.3 is 0 Å². The Hall–Kier alpha value is -1.02. The third kappa shape index (κ3) is 1.95. The molecular weight excluding hydrogens is 208 g/mol. The van der Waals surface area contributed by atoms with E-state index in [4.69, 9.17) is 5.73 Å². The van der Waals surface area contributed by atoms with Crippen molar-refractivity contribution in [2.24, 2.45) is 5.73 Å². The third-order valence-corrected chi connectivity index (χ3v) is 4.27. The number of aryl methyl sites for hydroxylation is 2. The lowest BCUT2D eigenvalue weighted by molar-refractivity contribution is 0.414. The Bertz CT molecular complexity index is 393. The van der Waals surface area contributed by atoms with E-state index in [1.165, 1.54) is 42.5 Å².